The molecule has 1 rings (SSSR count). The van der Waals surface area contributed by atoms with E-state index >= 15 is 0 Å². The van der Waals surface area contributed by atoms with E-state index in [4.69, 9.17) is 28.5 Å². The SMILES string of the molecule is COC(=O)c1sc(NC(=O)C(Cl)Cl)c(C#N)c1C. The molecule has 1 aromatic rings. The highest BCUT2D eigenvalue weighted by molar-refractivity contribution is 7.18. The number of ether oxygens (including phenoxy) is 1. The van der Waals surface area contributed by atoms with E-state index < -0.39 is 16.7 Å². The Kier molecular flexibility index (Phi) is 4.96. The summed E-state index contributed by atoms with van der Waals surface area (Å²) in [6.07, 6.45) is 0. The molecule has 0 aliphatic rings. The minimum atomic E-state index is -1.25. The molecule has 0 spiro atoms. The Hall–Kier alpha value is -1.29. The van der Waals surface area contributed by atoms with Crippen LogP contribution in [-0.2, 0) is 9.53 Å². The zero-order chi connectivity index (χ0) is 13.9. The third-order valence-corrected chi connectivity index (χ3v) is 3.65. The molecule has 1 heterocycles. The van der Waals surface area contributed by atoms with Gasteiger partial charge in [0, 0.05) is 0 Å². The predicted octanol–water partition coefficient (Wildman–Crippen LogP) is 2.46. The summed E-state index contributed by atoms with van der Waals surface area (Å²) in [7, 11) is 1.24. The Bertz CT molecular complexity index is 534. The largest absolute Gasteiger partial charge is 0.465 e. The molecule has 18 heavy (non-hydrogen) atoms. The van der Waals surface area contributed by atoms with Gasteiger partial charge >= 0.3 is 5.97 Å². The van der Waals surface area contributed by atoms with Crippen molar-refractivity contribution in [2.45, 2.75) is 11.8 Å². The van der Waals surface area contributed by atoms with E-state index in [9.17, 15) is 9.59 Å². The van der Waals surface area contributed by atoms with Gasteiger partial charge in [-0.3, -0.25) is 4.79 Å². The lowest BCUT2D eigenvalue weighted by Crippen LogP contribution is -2.18. The van der Waals surface area contributed by atoms with Crippen LogP contribution in [0.25, 0.3) is 0 Å². The van der Waals surface area contributed by atoms with Crippen LogP contribution in [-0.4, -0.2) is 23.8 Å². The second-order valence-corrected chi connectivity index (χ2v) is 5.27. The van der Waals surface area contributed by atoms with Crippen molar-refractivity contribution in [3.05, 3.63) is 16.0 Å². The van der Waals surface area contributed by atoms with Crippen LogP contribution < -0.4 is 5.32 Å². The van der Waals surface area contributed by atoms with Gasteiger partial charge in [-0.25, -0.2) is 4.79 Å². The van der Waals surface area contributed by atoms with Crippen LogP contribution in [0, 0.1) is 18.3 Å². The zero-order valence-corrected chi connectivity index (χ0v) is 11.7. The molecule has 0 aliphatic carbocycles. The number of carbonyl (C=O) groups is 2. The van der Waals surface area contributed by atoms with Crippen molar-refractivity contribution in [3.8, 4) is 6.07 Å². The maximum absolute atomic E-state index is 11.4. The number of esters is 1. The number of rotatable bonds is 3. The molecular formula is C10H8Cl2N2O3S. The van der Waals surface area contributed by atoms with Crippen molar-refractivity contribution >= 4 is 51.4 Å². The van der Waals surface area contributed by atoms with E-state index in [1.54, 1.807) is 6.92 Å². The van der Waals surface area contributed by atoms with Crippen molar-refractivity contribution in [1.82, 2.24) is 0 Å². The lowest BCUT2D eigenvalue weighted by atomic mass is 10.2. The average molecular weight is 307 g/mol. The molecule has 0 saturated carbocycles. The molecule has 0 aromatic carbocycles. The number of halogens is 2. The van der Waals surface area contributed by atoms with Gasteiger partial charge in [-0.15, -0.1) is 11.3 Å². The van der Waals surface area contributed by atoms with Gasteiger partial charge < -0.3 is 10.1 Å². The average Bonchev–Trinajstić information content (AvgIpc) is 2.64. The number of carbonyl (C=O) groups excluding carboxylic acids is 2. The van der Waals surface area contributed by atoms with Gasteiger partial charge in [-0.2, -0.15) is 5.26 Å². The minimum Gasteiger partial charge on any atom is -0.465 e. The quantitative estimate of drug-likeness (QED) is 0.687. The molecule has 0 radical (unpaired) electrons. The molecule has 1 aromatic heterocycles. The van der Waals surface area contributed by atoms with Crippen LogP contribution in [0.2, 0.25) is 0 Å². The van der Waals surface area contributed by atoms with Crippen LogP contribution in [0.5, 0.6) is 0 Å². The predicted molar refractivity (Wildman–Crippen MR) is 69.2 cm³/mol. The monoisotopic (exact) mass is 306 g/mol. The van der Waals surface area contributed by atoms with Crippen molar-refractivity contribution < 1.29 is 14.3 Å². The Morgan fingerprint density at radius 3 is 2.56 bits per heavy atom. The van der Waals surface area contributed by atoms with Gasteiger partial charge in [0.1, 0.15) is 15.9 Å². The van der Waals surface area contributed by atoms with Crippen LogP contribution in [0.15, 0.2) is 0 Å². The Morgan fingerprint density at radius 1 is 1.50 bits per heavy atom. The molecule has 0 bridgehead atoms. The van der Waals surface area contributed by atoms with Crippen molar-refractivity contribution in [3.63, 3.8) is 0 Å². The smallest absolute Gasteiger partial charge is 0.348 e. The maximum atomic E-state index is 11.4. The van der Waals surface area contributed by atoms with Crippen LogP contribution in [0.1, 0.15) is 20.8 Å². The number of thiophene rings is 1. The van der Waals surface area contributed by atoms with E-state index in [1.165, 1.54) is 7.11 Å². The zero-order valence-electron chi connectivity index (χ0n) is 9.41. The minimum absolute atomic E-state index is 0.197. The molecule has 5 nitrogen and oxygen atoms in total. The fourth-order valence-electron chi connectivity index (χ4n) is 1.19. The normalized spacial score (nSPS) is 10.0. The topological polar surface area (TPSA) is 79.2 Å². The summed E-state index contributed by atoms with van der Waals surface area (Å²) in [6, 6.07) is 1.91. The summed E-state index contributed by atoms with van der Waals surface area (Å²) in [5, 5.41) is 11.6. The van der Waals surface area contributed by atoms with Crippen molar-refractivity contribution in [2.75, 3.05) is 12.4 Å². The lowest BCUT2D eigenvalue weighted by molar-refractivity contribution is -0.114. The molecule has 1 N–H and O–H groups in total. The fourth-order valence-corrected chi connectivity index (χ4v) is 2.38. The number of anilines is 1. The highest BCUT2D eigenvalue weighted by Gasteiger charge is 2.23. The van der Waals surface area contributed by atoms with Crippen molar-refractivity contribution in [1.29, 1.82) is 5.26 Å². The number of methoxy groups -OCH3 is 1. The summed E-state index contributed by atoms with van der Waals surface area (Å²) in [5.41, 5.74) is 0.646. The Balaban J connectivity index is 3.18. The number of amides is 1. The van der Waals surface area contributed by atoms with Gasteiger partial charge in [0.15, 0.2) is 4.84 Å². The van der Waals surface area contributed by atoms with Gasteiger partial charge in [0.05, 0.1) is 12.7 Å². The van der Waals surface area contributed by atoms with Crippen LogP contribution in [0.3, 0.4) is 0 Å². The lowest BCUT2D eigenvalue weighted by Gasteiger charge is -2.02. The number of hydrogen-bond donors (Lipinski definition) is 1. The third-order valence-electron chi connectivity index (χ3n) is 2.06. The summed E-state index contributed by atoms with van der Waals surface area (Å²) in [4.78, 5) is 21.8. The molecule has 0 saturated heterocycles. The summed E-state index contributed by atoms with van der Waals surface area (Å²) >= 11 is 11.7. The molecule has 1 amide bonds. The molecule has 0 fully saturated rings. The maximum Gasteiger partial charge on any atom is 0.348 e. The highest BCUT2D eigenvalue weighted by atomic mass is 35.5. The fraction of sp³-hybridized carbons (Fsp3) is 0.300. The van der Waals surface area contributed by atoms with E-state index in [1.807, 2.05) is 6.07 Å². The van der Waals surface area contributed by atoms with E-state index in [2.05, 4.69) is 10.1 Å². The standard InChI is InChI=1S/C10H8Cl2N2O3S/c1-4-5(3-13)9(14-8(15)7(11)12)18-6(4)10(16)17-2/h7H,1-2H3,(H,14,15). The molecule has 0 unspecified atom stereocenters. The first-order valence-corrected chi connectivity index (χ1v) is 6.32. The third kappa shape index (κ3) is 2.93. The second-order valence-electron chi connectivity index (χ2n) is 3.15. The first kappa shape index (κ1) is 14.8. The summed E-state index contributed by atoms with van der Waals surface area (Å²) < 4.78 is 4.58. The van der Waals surface area contributed by atoms with E-state index in [0.29, 0.717) is 5.56 Å². The number of hydrogen-bond acceptors (Lipinski definition) is 5. The van der Waals surface area contributed by atoms with E-state index in [-0.39, 0.29) is 15.4 Å². The van der Waals surface area contributed by atoms with Gasteiger partial charge in [0.2, 0.25) is 0 Å². The molecule has 96 valence electrons. The first-order chi connectivity index (χ1) is 8.42. The molecule has 0 aliphatic heterocycles. The summed E-state index contributed by atoms with van der Waals surface area (Å²) in [5.74, 6) is -1.23. The molecule has 0 atom stereocenters. The number of alkyl halides is 2. The van der Waals surface area contributed by atoms with E-state index in [0.717, 1.165) is 11.3 Å². The summed E-state index contributed by atoms with van der Waals surface area (Å²) in [6.45, 7) is 1.59. The van der Waals surface area contributed by atoms with Gasteiger partial charge in [-0.05, 0) is 12.5 Å². The van der Waals surface area contributed by atoms with Gasteiger partial charge in [0.25, 0.3) is 5.91 Å². The first-order valence-electron chi connectivity index (χ1n) is 4.63. The Labute approximate surface area is 117 Å². The number of nitrogens with zero attached hydrogens (tertiary/aromatic N) is 1. The van der Waals surface area contributed by atoms with Gasteiger partial charge in [-0.1, -0.05) is 23.2 Å². The van der Waals surface area contributed by atoms with Crippen LogP contribution in [0.4, 0.5) is 5.00 Å². The molecular weight excluding hydrogens is 299 g/mol. The number of nitrogens with one attached hydrogen (secondary N) is 1. The number of nitriles is 1. The Morgan fingerprint density at radius 2 is 2.11 bits per heavy atom. The van der Waals surface area contributed by atoms with Crippen molar-refractivity contribution in [2.24, 2.45) is 0 Å². The van der Waals surface area contributed by atoms with Crippen LogP contribution >= 0.6 is 34.5 Å². The highest BCUT2D eigenvalue weighted by Crippen LogP contribution is 2.33. The second kappa shape index (κ2) is 6.05. The molecule has 8 heteroatoms.